The maximum Gasteiger partial charge on any atom is 0.344 e. The lowest BCUT2D eigenvalue weighted by Gasteiger charge is -2.10. The molecule has 4 nitrogen and oxygen atoms in total. The lowest BCUT2D eigenvalue weighted by molar-refractivity contribution is 0.0462. The summed E-state index contributed by atoms with van der Waals surface area (Å²) in [6.45, 7) is -0.284. The van der Waals surface area contributed by atoms with Crippen LogP contribution in [0.15, 0.2) is 45.6 Å². The average Bonchev–Trinajstić information content (AvgIpc) is 3.05. The monoisotopic (exact) mass is 356 g/mol. The van der Waals surface area contributed by atoms with Crippen LogP contribution in [0.1, 0.15) is 33.5 Å². The van der Waals surface area contributed by atoms with Gasteiger partial charge < -0.3 is 9.15 Å². The number of hydrogen-bond acceptors (Lipinski definition) is 4. The topological polar surface area (TPSA) is 56.5 Å². The van der Waals surface area contributed by atoms with Gasteiger partial charge >= 0.3 is 11.6 Å². The van der Waals surface area contributed by atoms with Crippen molar-refractivity contribution in [3.05, 3.63) is 80.7 Å². The fourth-order valence-corrected chi connectivity index (χ4v) is 3.32. The summed E-state index contributed by atoms with van der Waals surface area (Å²) in [5, 5.41) is 0.659. The summed E-state index contributed by atoms with van der Waals surface area (Å²) in [7, 11) is 0. The maximum atomic E-state index is 13.7. The van der Waals surface area contributed by atoms with E-state index in [4.69, 9.17) is 9.15 Å². The van der Waals surface area contributed by atoms with E-state index in [1.165, 1.54) is 11.6 Å². The van der Waals surface area contributed by atoms with Gasteiger partial charge in [0.2, 0.25) is 0 Å². The highest BCUT2D eigenvalue weighted by atomic mass is 19.1. The summed E-state index contributed by atoms with van der Waals surface area (Å²) in [5.41, 5.74) is 1.85. The van der Waals surface area contributed by atoms with Gasteiger partial charge in [-0.2, -0.15) is 0 Å². The summed E-state index contributed by atoms with van der Waals surface area (Å²) in [6, 6.07) is 8.12. The van der Waals surface area contributed by atoms with Gasteiger partial charge in [-0.05, 0) is 54.7 Å². The molecule has 0 spiro atoms. The molecule has 2 aromatic carbocycles. The van der Waals surface area contributed by atoms with Gasteiger partial charge in [0, 0.05) is 17.0 Å². The molecule has 0 unspecified atom stereocenters. The molecule has 0 atom stereocenters. The molecule has 4 rings (SSSR count). The largest absolute Gasteiger partial charge is 0.457 e. The zero-order chi connectivity index (χ0) is 18.3. The lowest BCUT2D eigenvalue weighted by Crippen LogP contribution is -2.11. The number of benzene rings is 2. The van der Waals surface area contributed by atoms with Crippen molar-refractivity contribution < 1.29 is 22.7 Å². The molecule has 1 aliphatic carbocycles. The Morgan fingerprint density at radius 1 is 1.08 bits per heavy atom. The Balaban J connectivity index is 1.67. The molecule has 0 fully saturated rings. The van der Waals surface area contributed by atoms with Crippen LogP contribution in [0.4, 0.5) is 8.78 Å². The zero-order valence-corrected chi connectivity index (χ0v) is 13.7. The van der Waals surface area contributed by atoms with E-state index in [1.54, 1.807) is 0 Å². The van der Waals surface area contributed by atoms with Crippen LogP contribution < -0.4 is 5.63 Å². The average molecular weight is 356 g/mol. The van der Waals surface area contributed by atoms with Gasteiger partial charge in [-0.3, -0.25) is 0 Å². The van der Waals surface area contributed by atoms with E-state index in [9.17, 15) is 18.4 Å². The summed E-state index contributed by atoms with van der Waals surface area (Å²) < 4.78 is 37.7. The van der Waals surface area contributed by atoms with Gasteiger partial charge in [-0.1, -0.05) is 6.07 Å². The molecular weight excluding hydrogens is 342 g/mol. The van der Waals surface area contributed by atoms with Crippen molar-refractivity contribution in [2.45, 2.75) is 25.9 Å². The first-order chi connectivity index (χ1) is 12.5. The van der Waals surface area contributed by atoms with Crippen LogP contribution in [0.3, 0.4) is 0 Å². The Morgan fingerprint density at radius 2 is 1.77 bits per heavy atom. The first-order valence-corrected chi connectivity index (χ1v) is 8.22. The van der Waals surface area contributed by atoms with Gasteiger partial charge in [0.25, 0.3) is 0 Å². The maximum absolute atomic E-state index is 13.7. The van der Waals surface area contributed by atoms with Crippen molar-refractivity contribution in [3.63, 3.8) is 0 Å². The number of aryl methyl sites for hydroxylation is 2. The van der Waals surface area contributed by atoms with E-state index in [-0.39, 0.29) is 6.61 Å². The molecule has 6 heteroatoms. The Hall–Kier alpha value is -3.02. The molecule has 0 N–H and O–H groups in total. The third-order valence-electron chi connectivity index (χ3n) is 4.57. The second-order valence-electron chi connectivity index (χ2n) is 6.23. The predicted molar refractivity (Wildman–Crippen MR) is 90.0 cm³/mol. The third kappa shape index (κ3) is 2.87. The summed E-state index contributed by atoms with van der Waals surface area (Å²) in [4.78, 5) is 23.9. The van der Waals surface area contributed by atoms with Crippen LogP contribution in [0.25, 0.3) is 11.0 Å². The normalized spacial score (nSPS) is 13.0. The molecule has 0 amide bonds. The van der Waals surface area contributed by atoms with Crippen LogP contribution in [-0.2, 0) is 24.2 Å². The van der Waals surface area contributed by atoms with Crippen molar-refractivity contribution in [1.82, 2.24) is 0 Å². The van der Waals surface area contributed by atoms with Crippen LogP contribution in [-0.4, -0.2) is 5.97 Å². The molecule has 132 valence electrons. The number of hydrogen-bond donors (Lipinski definition) is 0. The van der Waals surface area contributed by atoms with E-state index < -0.39 is 28.8 Å². The quantitative estimate of drug-likeness (QED) is 0.527. The van der Waals surface area contributed by atoms with Crippen LogP contribution in [0.5, 0.6) is 0 Å². The molecule has 1 heterocycles. The molecule has 0 aliphatic heterocycles. The summed E-state index contributed by atoms with van der Waals surface area (Å²) in [5.74, 6) is -3.11. The smallest absolute Gasteiger partial charge is 0.344 e. The predicted octanol–water partition coefficient (Wildman–Crippen LogP) is 3.92. The molecular formula is C20H14F2O4. The van der Waals surface area contributed by atoms with Crippen molar-refractivity contribution >= 4 is 16.9 Å². The van der Waals surface area contributed by atoms with Gasteiger partial charge in [-0.25, -0.2) is 18.4 Å². The van der Waals surface area contributed by atoms with Gasteiger partial charge in [-0.15, -0.1) is 0 Å². The van der Waals surface area contributed by atoms with Crippen molar-refractivity contribution in [3.8, 4) is 0 Å². The van der Waals surface area contributed by atoms with Crippen LogP contribution >= 0.6 is 0 Å². The van der Waals surface area contributed by atoms with Crippen molar-refractivity contribution in [1.29, 1.82) is 0 Å². The van der Waals surface area contributed by atoms with E-state index in [1.807, 2.05) is 12.1 Å². The van der Waals surface area contributed by atoms with E-state index in [0.29, 0.717) is 16.5 Å². The first-order valence-electron chi connectivity index (χ1n) is 8.22. The highest BCUT2D eigenvalue weighted by Gasteiger charge is 2.20. The minimum atomic E-state index is -1.12. The third-order valence-corrected chi connectivity index (χ3v) is 4.57. The van der Waals surface area contributed by atoms with Gasteiger partial charge in [0.15, 0.2) is 0 Å². The lowest BCUT2D eigenvalue weighted by atomic mass is 10.0. The van der Waals surface area contributed by atoms with E-state index >= 15 is 0 Å². The second kappa shape index (κ2) is 6.37. The zero-order valence-electron chi connectivity index (χ0n) is 13.7. The Kier molecular flexibility index (Phi) is 4.03. The Bertz CT molecular complexity index is 1060. The molecule has 1 aromatic heterocycles. The molecule has 1 aliphatic rings. The van der Waals surface area contributed by atoms with Gasteiger partial charge in [0.05, 0.1) is 0 Å². The van der Waals surface area contributed by atoms with Crippen LogP contribution in [0.2, 0.25) is 0 Å². The molecule has 0 saturated heterocycles. The Labute approximate surface area is 147 Å². The molecule has 3 aromatic rings. The van der Waals surface area contributed by atoms with E-state index in [0.717, 1.165) is 43.0 Å². The first kappa shape index (κ1) is 16.4. The molecule has 0 bridgehead atoms. The summed E-state index contributed by atoms with van der Waals surface area (Å²) in [6.07, 6.45) is 2.90. The second-order valence-corrected chi connectivity index (χ2v) is 6.23. The minimum Gasteiger partial charge on any atom is -0.457 e. The fraction of sp³-hybridized carbons (Fsp3) is 0.200. The fourth-order valence-electron chi connectivity index (χ4n) is 3.32. The summed E-state index contributed by atoms with van der Waals surface area (Å²) >= 11 is 0. The number of fused-ring (bicyclic) bond motifs is 2. The molecule has 0 saturated carbocycles. The number of esters is 1. The highest BCUT2D eigenvalue weighted by molar-refractivity contribution is 5.90. The molecule has 26 heavy (non-hydrogen) atoms. The molecule has 0 radical (unpaired) electrons. The minimum absolute atomic E-state index is 0.284. The van der Waals surface area contributed by atoms with Crippen LogP contribution in [0, 0.1) is 11.6 Å². The standard InChI is InChI=1S/C20H14F2O4/c21-15-5-2-6-16(22)19(15)20(24)25-10-13-9-18(23)26-17-8-12-4-1-3-11(12)7-14(13)17/h2,5-9H,1,3-4,10H2. The van der Waals surface area contributed by atoms with Gasteiger partial charge in [0.1, 0.15) is 29.4 Å². The van der Waals surface area contributed by atoms with Crippen molar-refractivity contribution in [2.24, 2.45) is 0 Å². The SMILES string of the molecule is O=C(OCc1cc(=O)oc2cc3c(cc12)CCC3)c1c(F)cccc1F. The number of carbonyl (C=O) groups excluding carboxylic acids is 1. The van der Waals surface area contributed by atoms with Crippen molar-refractivity contribution in [2.75, 3.05) is 0 Å². The highest BCUT2D eigenvalue weighted by Crippen LogP contribution is 2.29. The number of ether oxygens (including phenoxy) is 1. The Morgan fingerprint density at radius 3 is 2.50 bits per heavy atom. The number of rotatable bonds is 3. The number of halogens is 2. The number of carbonyl (C=O) groups is 1. The van der Waals surface area contributed by atoms with E-state index in [2.05, 4.69) is 0 Å².